The Balaban J connectivity index is 2.52. The van der Waals surface area contributed by atoms with E-state index in [0.717, 1.165) is 17.7 Å². The second kappa shape index (κ2) is 8.71. The molecule has 0 aliphatic heterocycles. The fraction of sp³-hybridized carbons (Fsp3) is 0.571. The van der Waals surface area contributed by atoms with Crippen molar-refractivity contribution in [1.29, 1.82) is 0 Å². The van der Waals surface area contributed by atoms with Gasteiger partial charge in [0.1, 0.15) is 0 Å². The van der Waals surface area contributed by atoms with Gasteiger partial charge in [-0.3, -0.25) is 9.59 Å². The highest BCUT2D eigenvalue weighted by atomic mass is 32.1. The molecule has 0 aliphatic carbocycles. The smallest absolute Gasteiger partial charge is 0.307 e. The summed E-state index contributed by atoms with van der Waals surface area (Å²) in [5.74, 6) is -0.396. The van der Waals surface area contributed by atoms with E-state index in [4.69, 9.17) is 5.73 Å². The molecule has 0 spiro atoms. The van der Waals surface area contributed by atoms with Crippen LogP contribution in [0.15, 0.2) is 17.5 Å². The first-order valence-corrected chi connectivity index (χ1v) is 7.56. The number of nitrogens with one attached hydrogen (secondary N) is 1. The fourth-order valence-electron chi connectivity index (χ4n) is 1.81. The van der Waals surface area contributed by atoms with Gasteiger partial charge >= 0.3 is 5.97 Å². The molecule has 0 saturated carbocycles. The molecule has 3 N–H and O–H groups in total. The van der Waals surface area contributed by atoms with E-state index in [1.807, 2.05) is 24.4 Å². The van der Waals surface area contributed by atoms with Gasteiger partial charge in [0.05, 0.1) is 19.6 Å². The molecule has 1 heterocycles. The maximum Gasteiger partial charge on any atom is 0.307 e. The van der Waals surface area contributed by atoms with Crippen LogP contribution in [0.1, 0.15) is 43.5 Å². The summed E-state index contributed by atoms with van der Waals surface area (Å²) in [7, 11) is 1.35. The normalized spacial score (nSPS) is 13.6. The Kier molecular flexibility index (Phi) is 7.25. The van der Waals surface area contributed by atoms with Crippen LogP contribution in [-0.2, 0) is 14.3 Å². The van der Waals surface area contributed by atoms with Gasteiger partial charge in [0, 0.05) is 17.3 Å². The number of esters is 1. The van der Waals surface area contributed by atoms with E-state index in [1.165, 1.54) is 18.4 Å². The summed E-state index contributed by atoms with van der Waals surface area (Å²) in [6.45, 7) is 1.92. The highest BCUT2D eigenvalue weighted by molar-refractivity contribution is 7.10. The van der Waals surface area contributed by atoms with Crippen LogP contribution < -0.4 is 11.1 Å². The molecule has 6 heteroatoms. The van der Waals surface area contributed by atoms with Crippen molar-refractivity contribution in [3.05, 3.63) is 22.4 Å². The van der Waals surface area contributed by atoms with Crippen LogP contribution in [0.3, 0.4) is 0 Å². The molecule has 0 fully saturated rings. The lowest BCUT2D eigenvalue weighted by atomic mass is 10.1. The number of hydrogen-bond donors (Lipinski definition) is 2. The average Bonchev–Trinajstić information content (AvgIpc) is 2.91. The molecular weight excluding hydrogens is 276 g/mol. The van der Waals surface area contributed by atoms with Crippen molar-refractivity contribution >= 4 is 23.2 Å². The van der Waals surface area contributed by atoms with Gasteiger partial charge in [-0.2, -0.15) is 0 Å². The predicted octanol–water partition coefficient (Wildman–Crippen LogP) is 1.99. The second-order valence-corrected chi connectivity index (χ2v) is 5.76. The van der Waals surface area contributed by atoms with Crippen molar-refractivity contribution in [2.45, 2.75) is 44.7 Å². The molecule has 5 nitrogen and oxygen atoms in total. The van der Waals surface area contributed by atoms with Crippen LogP contribution in [0.25, 0.3) is 0 Å². The first-order chi connectivity index (χ1) is 9.52. The molecule has 2 unspecified atom stereocenters. The summed E-state index contributed by atoms with van der Waals surface area (Å²) in [4.78, 5) is 24.3. The molecule has 2 atom stereocenters. The van der Waals surface area contributed by atoms with Crippen molar-refractivity contribution < 1.29 is 14.3 Å². The summed E-state index contributed by atoms with van der Waals surface area (Å²) < 4.78 is 4.67. The number of amides is 1. The van der Waals surface area contributed by atoms with Crippen LogP contribution in [0.2, 0.25) is 0 Å². The average molecular weight is 298 g/mol. The monoisotopic (exact) mass is 298 g/mol. The lowest BCUT2D eigenvalue weighted by Crippen LogP contribution is -2.30. The van der Waals surface area contributed by atoms with E-state index in [1.54, 1.807) is 0 Å². The number of carbonyl (C=O) groups is 2. The summed E-state index contributed by atoms with van der Waals surface area (Å²) in [6, 6.07) is 3.59. The molecule has 1 rings (SSSR count). The zero-order valence-corrected chi connectivity index (χ0v) is 12.7. The first-order valence-electron chi connectivity index (χ1n) is 6.68. The molecule has 20 heavy (non-hydrogen) atoms. The number of nitrogens with two attached hydrogens (primary N) is 1. The molecule has 1 amide bonds. The Bertz CT molecular complexity index is 418. The van der Waals surface area contributed by atoms with Crippen LogP contribution in [0, 0.1) is 0 Å². The minimum atomic E-state index is -0.334. The number of ether oxygens (including phenoxy) is 1. The van der Waals surface area contributed by atoms with Crippen molar-refractivity contribution in [3.8, 4) is 0 Å². The molecular formula is C14H22N2O3S. The van der Waals surface area contributed by atoms with Crippen LogP contribution >= 0.6 is 11.3 Å². The van der Waals surface area contributed by atoms with Gasteiger partial charge in [0.15, 0.2) is 0 Å². The Morgan fingerprint density at radius 1 is 1.50 bits per heavy atom. The van der Waals surface area contributed by atoms with Crippen molar-refractivity contribution in [2.24, 2.45) is 5.73 Å². The molecule has 0 radical (unpaired) electrons. The van der Waals surface area contributed by atoms with Crippen molar-refractivity contribution in [2.75, 3.05) is 7.11 Å². The molecule has 0 saturated heterocycles. The molecule has 1 aromatic heterocycles. The standard InChI is InChI=1S/C14H22N2O3S/c1-10(15)5-3-7-13(17)16-11(9-14(18)19-2)12-6-4-8-20-12/h4,6,8,10-11H,3,5,7,9,15H2,1-2H3,(H,16,17). The third-order valence-corrected chi connectivity index (χ3v) is 3.87. The van der Waals surface area contributed by atoms with Gasteiger partial charge in [0.2, 0.25) is 5.91 Å². The van der Waals surface area contributed by atoms with Crippen LogP contribution in [0.4, 0.5) is 0 Å². The van der Waals surface area contributed by atoms with Gasteiger partial charge < -0.3 is 15.8 Å². The molecule has 0 aliphatic rings. The topological polar surface area (TPSA) is 81.4 Å². The Hall–Kier alpha value is -1.40. The Labute approximate surface area is 123 Å². The van der Waals surface area contributed by atoms with E-state index in [-0.39, 0.29) is 30.4 Å². The number of thiophene rings is 1. The molecule has 0 aromatic carbocycles. The minimum Gasteiger partial charge on any atom is -0.469 e. The maximum absolute atomic E-state index is 11.9. The second-order valence-electron chi connectivity index (χ2n) is 4.79. The van der Waals surface area contributed by atoms with E-state index in [2.05, 4.69) is 10.1 Å². The Morgan fingerprint density at radius 2 is 2.25 bits per heavy atom. The van der Waals surface area contributed by atoms with Gasteiger partial charge in [-0.1, -0.05) is 6.07 Å². The fourth-order valence-corrected chi connectivity index (χ4v) is 2.59. The molecule has 1 aromatic rings. The Morgan fingerprint density at radius 3 is 2.80 bits per heavy atom. The minimum absolute atomic E-state index is 0.0621. The third-order valence-electron chi connectivity index (χ3n) is 2.88. The number of rotatable bonds is 8. The quantitative estimate of drug-likeness (QED) is 0.719. The summed E-state index contributed by atoms with van der Waals surface area (Å²) >= 11 is 1.51. The van der Waals surface area contributed by atoms with Gasteiger partial charge in [-0.15, -0.1) is 11.3 Å². The number of carbonyl (C=O) groups excluding carboxylic acids is 2. The van der Waals surface area contributed by atoms with E-state index in [0.29, 0.717) is 6.42 Å². The highest BCUT2D eigenvalue weighted by Crippen LogP contribution is 2.22. The number of hydrogen-bond acceptors (Lipinski definition) is 5. The van der Waals surface area contributed by atoms with E-state index < -0.39 is 0 Å². The van der Waals surface area contributed by atoms with Crippen LogP contribution in [-0.4, -0.2) is 25.0 Å². The van der Waals surface area contributed by atoms with Crippen LogP contribution in [0.5, 0.6) is 0 Å². The lowest BCUT2D eigenvalue weighted by molar-refractivity contribution is -0.141. The SMILES string of the molecule is COC(=O)CC(NC(=O)CCCC(C)N)c1cccs1. The van der Waals surface area contributed by atoms with Crippen molar-refractivity contribution in [1.82, 2.24) is 5.32 Å². The predicted molar refractivity (Wildman–Crippen MR) is 79.3 cm³/mol. The summed E-state index contributed by atoms with van der Waals surface area (Å²) in [5.41, 5.74) is 5.65. The summed E-state index contributed by atoms with van der Waals surface area (Å²) in [5, 5.41) is 4.81. The van der Waals surface area contributed by atoms with E-state index in [9.17, 15) is 9.59 Å². The number of methoxy groups -OCH3 is 1. The highest BCUT2D eigenvalue weighted by Gasteiger charge is 2.19. The van der Waals surface area contributed by atoms with E-state index >= 15 is 0 Å². The van der Waals surface area contributed by atoms with Gasteiger partial charge in [-0.25, -0.2) is 0 Å². The van der Waals surface area contributed by atoms with Gasteiger partial charge in [-0.05, 0) is 31.2 Å². The van der Waals surface area contributed by atoms with Gasteiger partial charge in [0.25, 0.3) is 0 Å². The maximum atomic E-state index is 11.9. The van der Waals surface area contributed by atoms with Crippen molar-refractivity contribution in [3.63, 3.8) is 0 Å². The summed E-state index contributed by atoms with van der Waals surface area (Å²) in [6.07, 6.45) is 2.13. The molecule has 112 valence electrons. The molecule has 0 bridgehead atoms. The first kappa shape index (κ1) is 16.7. The lowest BCUT2D eigenvalue weighted by Gasteiger charge is -2.16. The zero-order valence-electron chi connectivity index (χ0n) is 11.9. The third kappa shape index (κ3) is 6.16. The zero-order chi connectivity index (χ0) is 15.0. The largest absolute Gasteiger partial charge is 0.469 e.